The molecule has 0 aromatic rings. The molecule has 1 fully saturated rings. The maximum atomic E-state index is 11.8. The Morgan fingerprint density at radius 1 is 1.37 bits per heavy atom. The van der Waals surface area contributed by atoms with Crippen LogP contribution in [0.5, 0.6) is 0 Å². The summed E-state index contributed by atoms with van der Waals surface area (Å²) in [6, 6.07) is 0. The van der Waals surface area contributed by atoms with Crippen LogP contribution in [0, 0.1) is 11.3 Å². The predicted molar refractivity (Wildman–Crippen MR) is 78.0 cm³/mol. The van der Waals surface area contributed by atoms with E-state index in [1.54, 1.807) is 6.08 Å². The Kier molecular flexibility index (Phi) is 6.04. The van der Waals surface area contributed by atoms with Crippen molar-refractivity contribution in [3.63, 3.8) is 0 Å². The number of carboxylic acids is 1. The van der Waals surface area contributed by atoms with E-state index in [-0.39, 0.29) is 22.9 Å². The molecule has 1 amide bonds. The minimum Gasteiger partial charge on any atom is -0.477 e. The summed E-state index contributed by atoms with van der Waals surface area (Å²) < 4.78 is 0. The second-order valence-corrected chi connectivity index (χ2v) is 6.49. The lowest BCUT2D eigenvalue weighted by Gasteiger charge is -2.07. The Labute approximate surface area is 122 Å². The highest BCUT2D eigenvalue weighted by atomic mass is 79.9. The van der Waals surface area contributed by atoms with Crippen LogP contribution in [0.1, 0.15) is 46.0 Å². The van der Waals surface area contributed by atoms with Gasteiger partial charge in [-0.25, -0.2) is 4.79 Å². The van der Waals surface area contributed by atoms with E-state index in [0.717, 1.165) is 31.0 Å². The summed E-state index contributed by atoms with van der Waals surface area (Å²) in [5.74, 6) is -1.28. The van der Waals surface area contributed by atoms with Crippen LogP contribution in [0.2, 0.25) is 0 Å². The molecule has 5 heteroatoms. The zero-order valence-electron chi connectivity index (χ0n) is 11.5. The van der Waals surface area contributed by atoms with Crippen molar-refractivity contribution in [2.75, 3.05) is 5.33 Å². The largest absolute Gasteiger partial charge is 0.477 e. The molecule has 1 aliphatic rings. The molecular weight excluding hydrogens is 310 g/mol. The third-order valence-electron chi connectivity index (χ3n) is 3.50. The molecule has 0 aliphatic heterocycles. The molecular formula is C14H22BrNO3. The molecule has 0 aromatic heterocycles. The topological polar surface area (TPSA) is 66.4 Å². The van der Waals surface area contributed by atoms with Gasteiger partial charge in [0.2, 0.25) is 5.91 Å². The summed E-state index contributed by atoms with van der Waals surface area (Å²) in [6.07, 6.45) is 6.20. The van der Waals surface area contributed by atoms with E-state index < -0.39 is 5.97 Å². The molecule has 2 N–H and O–H groups in total. The molecule has 0 aromatic carbocycles. The first-order valence-corrected chi connectivity index (χ1v) is 7.81. The van der Waals surface area contributed by atoms with Gasteiger partial charge in [-0.15, -0.1) is 0 Å². The van der Waals surface area contributed by atoms with Crippen molar-refractivity contribution in [3.8, 4) is 0 Å². The number of nitrogens with one attached hydrogen (secondary N) is 1. The number of alkyl halides is 1. The van der Waals surface area contributed by atoms with Crippen LogP contribution in [0.15, 0.2) is 11.8 Å². The Bertz CT molecular complexity index is 377. The lowest BCUT2D eigenvalue weighted by atomic mass is 10.1. The smallest absolute Gasteiger partial charge is 0.352 e. The third kappa shape index (κ3) is 5.35. The first-order valence-electron chi connectivity index (χ1n) is 6.69. The van der Waals surface area contributed by atoms with E-state index in [0.29, 0.717) is 6.42 Å². The van der Waals surface area contributed by atoms with Gasteiger partial charge in [-0.05, 0) is 31.1 Å². The van der Waals surface area contributed by atoms with Gasteiger partial charge in [-0.2, -0.15) is 0 Å². The monoisotopic (exact) mass is 331 g/mol. The third-order valence-corrected chi connectivity index (χ3v) is 4.07. The number of hydrogen-bond acceptors (Lipinski definition) is 2. The molecule has 0 radical (unpaired) electrons. The lowest BCUT2D eigenvalue weighted by Crippen LogP contribution is -2.29. The van der Waals surface area contributed by atoms with Gasteiger partial charge in [-0.3, -0.25) is 4.79 Å². The summed E-state index contributed by atoms with van der Waals surface area (Å²) in [5, 5.41) is 12.6. The molecule has 1 aliphatic carbocycles. The van der Waals surface area contributed by atoms with Gasteiger partial charge in [0, 0.05) is 11.2 Å². The molecule has 0 bridgehead atoms. The zero-order chi connectivity index (χ0) is 14.5. The molecule has 1 saturated carbocycles. The van der Waals surface area contributed by atoms with Crippen molar-refractivity contribution in [1.82, 2.24) is 5.32 Å². The van der Waals surface area contributed by atoms with Crippen molar-refractivity contribution in [1.29, 1.82) is 0 Å². The fraction of sp³-hybridized carbons (Fsp3) is 0.714. The van der Waals surface area contributed by atoms with E-state index in [1.165, 1.54) is 0 Å². The SMILES string of the molecule is CC1(C)CC1C(=O)N/C(=C/CCCCCBr)C(=O)O. The summed E-state index contributed by atoms with van der Waals surface area (Å²) in [6.45, 7) is 4.03. The van der Waals surface area contributed by atoms with Gasteiger partial charge in [0.1, 0.15) is 5.70 Å². The fourth-order valence-corrected chi connectivity index (χ4v) is 2.38. The maximum Gasteiger partial charge on any atom is 0.352 e. The van der Waals surface area contributed by atoms with Crippen molar-refractivity contribution >= 4 is 27.8 Å². The number of rotatable bonds is 8. The predicted octanol–water partition coefficient (Wildman–Crippen LogP) is 3.07. The quantitative estimate of drug-likeness (QED) is 0.408. The average Bonchev–Trinajstić information content (AvgIpc) is 2.96. The van der Waals surface area contributed by atoms with Gasteiger partial charge in [0.05, 0.1) is 0 Å². The van der Waals surface area contributed by atoms with E-state index in [9.17, 15) is 9.59 Å². The van der Waals surface area contributed by atoms with Crippen LogP contribution >= 0.6 is 15.9 Å². The van der Waals surface area contributed by atoms with Crippen LogP contribution in [0.3, 0.4) is 0 Å². The van der Waals surface area contributed by atoms with Gasteiger partial charge >= 0.3 is 5.97 Å². The molecule has 1 unspecified atom stereocenters. The average molecular weight is 332 g/mol. The van der Waals surface area contributed by atoms with Crippen LogP contribution < -0.4 is 5.32 Å². The number of amides is 1. The van der Waals surface area contributed by atoms with Gasteiger partial charge in [-0.1, -0.05) is 42.3 Å². The number of halogens is 1. The number of hydrogen-bond donors (Lipinski definition) is 2. The van der Waals surface area contributed by atoms with E-state index in [2.05, 4.69) is 21.2 Å². The van der Waals surface area contributed by atoms with Crippen molar-refractivity contribution in [2.45, 2.75) is 46.0 Å². The number of unbranched alkanes of at least 4 members (excludes halogenated alkanes) is 3. The van der Waals surface area contributed by atoms with Crippen molar-refractivity contribution in [3.05, 3.63) is 11.8 Å². The highest BCUT2D eigenvalue weighted by Gasteiger charge is 2.50. The van der Waals surface area contributed by atoms with Crippen LogP contribution in [-0.2, 0) is 9.59 Å². The van der Waals surface area contributed by atoms with Crippen molar-refractivity contribution in [2.24, 2.45) is 11.3 Å². The highest BCUT2D eigenvalue weighted by Crippen LogP contribution is 2.51. The Morgan fingerprint density at radius 3 is 2.47 bits per heavy atom. The highest BCUT2D eigenvalue weighted by molar-refractivity contribution is 9.09. The van der Waals surface area contributed by atoms with E-state index in [4.69, 9.17) is 5.11 Å². The zero-order valence-corrected chi connectivity index (χ0v) is 13.1. The standard InChI is InChI=1S/C14H22BrNO3/c1-14(2)9-10(14)12(17)16-11(13(18)19)7-5-3-4-6-8-15/h7,10H,3-6,8-9H2,1-2H3,(H,16,17)(H,18,19)/b11-7+. The molecule has 1 rings (SSSR count). The van der Waals surface area contributed by atoms with E-state index in [1.807, 2.05) is 13.8 Å². The molecule has 0 heterocycles. The summed E-state index contributed by atoms with van der Waals surface area (Å²) in [4.78, 5) is 22.9. The number of carbonyl (C=O) groups excluding carboxylic acids is 1. The first kappa shape index (κ1) is 16.2. The minimum atomic E-state index is -1.06. The summed E-state index contributed by atoms with van der Waals surface area (Å²) >= 11 is 3.35. The molecule has 0 saturated heterocycles. The molecule has 1 atom stereocenters. The number of allylic oxidation sites excluding steroid dienone is 1. The second-order valence-electron chi connectivity index (χ2n) is 5.70. The van der Waals surface area contributed by atoms with E-state index >= 15 is 0 Å². The normalized spacial score (nSPS) is 21.0. The van der Waals surface area contributed by atoms with Crippen LogP contribution in [0.25, 0.3) is 0 Å². The Morgan fingerprint density at radius 2 is 2.00 bits per heavy atom. The summed E-state index contributed by atoms with van der Waals surface area (Å²) in [5.41, 5.74) is 0.0374. The second kappa shape index (κ2) is 7.08. The Balaban J connectivity index is 2.42. The van der Waals surface area contributed by atoms with Crippen LogP contribution in [-0.4, -0.2) is 22.3 Å². The van der Waals surface area contributed by atoms with Gasteiger partial charge in [0.15, 0.2) is 0 Å². The number of carbonyl (C=O) groups is 2. The maximum absolute atomic E-state index is 11.8. The minimum absolute atomic E-state index is 0.0174. The fourth-order valence-electron chi connectivity index (χ4n) is 1.99. The molecule has 4 nitrogen and oxygen atoms in total. The van der Waals surface area contributed by atoms with Crippen molar-refractivity contribution < 1.29 is 14.7 Å². The molecule has 19 heavy (non-hydrogen) atoms. The van der Waals surface area contributed by atoms with Gasteiger partial charge < -0.3 is 10.4 Å². The molecule has 108 valence electrons. The number of carboxylic acid groups (broad SMARTS) is 1. The first-order chi connectivity index (χ1) is 8.88. The molecule has 0 spiro atoms. The van der Waals surface area contributed by atoms with Gasteiger partial charge in [0.25, 0.3) is 0 Å². The number of aliphatic carboxylic acids is 1. The van der Waals surface area contributed by atoms with Crippen LogP contribution in [0.4, 0.5) is 0 Å². The Hall–Kier alpha value is -0.840. The summed E-state index contributed by atoms with van der Waals surface area (Å²) in [7, 11) is 0. The lowest BCUT2D eigenvalue weighted by molar-refractivity contribution is -0.135.